The van der Waals surface area contributed by atoms with Gasteiger partial charge in [0, 0.05) is 17.1 Å². The van der Waals surface area contributed by atoms with Crippen LogP contribution in [0.5, 0.6) is 0 Å². The van der Waals surface area contributed by atoms with Crippen LogP contribution in [0.1, 0.15) is 55.0 Å². The molecule has 1 aromatic carbocycles. The van der Waals surface area contributed by atoms with Gasteiger partial charge in [-0.25, -0.2) is 4.79 Å². The van der Waals surface area contributed by atoms with Gasteiger partial charge in [-0.1, -0.05) is 32.0 Å². The number of benzene rings is 1. The minimum absolute atomic E-state index is 0.0904. The number of esters is 1. The summed E-state index contributed by atoms with van der Waals surface area (Å²) < 4.78 is 7.41. The normalized spacial score (nSPS) is 14.0. The Hall–Kier alpha value is -3.07. The molecular weight excluding hydrogens is 366 g/mol. The number of aryl methyl sites for hydroxylation is 2. The number of nitriles is 1. The molecule has 0 bridgehead atoms. The first-order valence-corrected chi connectivity index (χ1v) is 9.71. The maximum Gasteiger partial charge on any atom is 0.340 e. The maximum atomic E-state index is 12.8. The van der Waals surface area contributed by atoms with Gasteiger partial charge in [-0.15, -0.1) is 0 Å². The Bertz CT molecular complexity index is 968. The molecule has 6 heteroatoms. The molecule has 2 rings (SSSR count). The van der Waals surface area contributed by atoms with Gasteiger partial charge in [-0.3, -0.25) is 4.79 Å². The molecule has 29 heavy (non-hydrogen) atoms. The van der Waals surface area contributed by atoms with E-state index in [1.54, 1.807) is 13.0 Å². The Morgan fingerprint density at radius 2 is 1.79 bits per heavy atom. The van der Waals surface area contributed by atoms with Gasteiger partial charge in [-0.05, 0) is 58.2 Å². The monoisotopic (exact) mass is 395 g/mol. The van der Waals surface area contributed by atoms with E-state index in [1.165, 1.54) is 6.92 Å². The van der Waals surface area contributed by atoms with E-state index >= 15 is 0 Å². The van der Waals surface area contributed by atoms with E-state index in [0.717, 1.165) is 22.6 Å². The van der Waals surface area contributed by atoms with E-state index in [4.69, 9.17) is 4.74 Å². The van der Waals surface area contributed by atoms with Crippen LogP contribution in [-0.2, 0) is 9.53 Å². The van der Waals surface area contributed by atoms with Crippen LogP contribution in [0.25, 0.3) is 5.69 Å². The average molecular weight is 396 g/mol. The van der Waals surface area contributed by atoms with Crippen LogP contribution >= 0.6 is 0 Å². The molecule has 0 aliphatic rings. The number of carbonyl (C=O) groups excluding carboxylic acids is 2. The first kappa shape index (κ1) is 22.2. The molecule has 2 atom stereocenters. The number of nitrogens with zero attached hydrogens (tertiary/aromatic N) is 2. The number of ether oxygens (including phenoxy) is 1. The van der Waals surface area contributed by atoms with Gasteiger partial charge in [0.2, 0.25) is 0 Å². The Kier molecular flexibility index (Phi) is 6.53. The number of para-hydroxylation sites is 1. The fourth-order valence-electron chi connectivity index (χ4n) is 3.09. The smallest absolute Gasteiger partial charge is 0.340 e. The lowest BCUT2D eigenvalue weighted by Crippen LogP contribution is -2.52. The molecule has 0 spiro atoms. The predicted molar refractivity (Wildman–Crippen MR) is 112 cm³/mol. The number of carbonyl (C=O) groups is 2. The standard InChI is InChI=1S/C23H29N3O3/c1-14(2)23(7,13-24)25-21(27)18(6)29-22(28)19-12-16(4)26(17(19)5)20-11-9-8-10-15(20)3/h8-12,14,18H,1-7H3,(H,25,27). The van der Waals surface area contributed by atoms with Crippen molar-refractivity contribution < 1.29 is 14.3 Å². The molecule has 0 aliphatic carbocycles. The highest BCUT2D eigenvalue weighted by atomic mass is 16.5. The first-order valence-electron chi connectivity index (χ1n) is 9.71. The van der Waals surface area contributed by atoms with Crippen molar-refractivity contribution in [2.24, 2.45) is 5.92 Å². The van der Waals surface area contributed by atoms with E-state index < -0.39 is 23.5 Å². The van der Waals surface area contributed by atoms with Crippen LogP contribution in [0, 0.1) is 38.0 Å². The molecule has 0 fully saturated rings. The van der Waals surface area contributed by atoms with Crippen LogP contribution < -0.4 is 5.32 Å². The summed E-state index contributed by atoms with van der Waals surface area (Å²) in [6.07, 6.45) is -1.02. The third kappa shape index (κ3) is 4.51. The summed E-state index contributed by atoms with van der Waals surface area (Å²) in [5.74, 6) is -1.15. The minimum Gasteiger partial charge on any atom is -0.449 e. The quantitative estimate of drug-likeness (QED) is 0.749. The number of nitrogens with one attached hydrogen (secondary N) is 1. The number of aromatic nitrogens is 1. The Morgan fingerprint density at radius 3 is 2.34 bits per heavy atom. The SMILES string of the molecule is Cc1ccccc1-n1c(C)cc(C(=O)OC(C)C(=O)NC(C)(C#N)C(C)C)c1C. The topological polar surface area (TPSA) is 84.1 Å². The highest BCUT2D eigenvalue weighted by molar-refractivity contribution is 5.94. The summed E-state index contributed by atoms with van der Waals surface area (Å²) in [5, 5.41) is 12.1. The molecule has 154 valence electrons. The Labute approximate surface area is 172 Å². The molecule has 0 saturated heterocycles. The predicted octanol–water partition coefficient (Wildman–Crippen LogP) is 4.00. The van der Waals surface area contributed by atoms with Crippen molar-refractivity contribution in [2.75, 3.05) is 0 Å². The highest BCUT2D eigenvalue weighted by Gasteiger charge is 2.33. The first-order chi connectivity index (χ1) is 13.5. The molecule has 0 saturated carbocycles. The van der Waals surface area contributed by atoms with Crippen LogP contribution in [-0.4, -0.2) is 28.1 Å². The van der Waals surface area contributed by atoms with Crippen molar-refractivity contribution in [2.45, 2.75) is 60.1 Å². The highest BCUT2D eigenvalue weighted by Crippen LogP contribution is 2.24. The van der Waals surface area contributed by atoms with E-state index in [1.807, 2.05) is 63.5 Å². The van der Waals surface area contributed by atoms with Crippen LogP contribution in [0.15, 0.2) is 30.3 Å². The molecule has 1 heterocycles. The Morgan fingerprint density at radius 1 is 1.17 bits per heavy atom. The lowest BCUT2D eigenvalue weighted by molar-refractivity contribution is -0.130. The molecule has 1 N–H and O–H groups in total. The zero-order valence-corrected chi connectivity index (χ0v) is 18.2. The second-order valence-corrected chi connectivity index (χ2v) is 7.91. The Balaban J connectivity index is 2.22. The van der Waals surface area contributed by atoms with Crippen LogP contribution in [0.2, 0.25) is 0 Å². The van der Waals surface area contributed by atoms with Gasteiger partial charge in [0.15, 0.2) is 6.10 Å². The third-order valence-corrected chi connectivity index (χ3v) is 5.43. The summed E-state index contributed by atoms with van der Waals surface area (Å²) >= 11 is 0. The summed E-state index contributed by atoms with van der Waals surface area (Å²) in [7, 11) is 0. The zero-order chi connectivity index (χ0) is 21.9. The molecule has 1 amide bonds. The molecule has 0 aliphatic heterocycles. The van der Waals surface area contributed by atoms with Crippen molar-refractivity contribution in [3.05, 3.63) is 52.8 Å². The zero-order valence-electron chi connectivity index (χ0n) is 18.2. The molecular formula is C23H29N3O3. The lowest BCUT2D eigenvalue weighted by Gasteiger charge is -2.28. The van der Waals surface area contributed by atoms with Crippen LogP contribution in [0.4, 0.5) is 0 Å². The van der Waals surface area contributed by atoms with Crippen molar-refractivity contribution in [3.63, 3.8) is 0 Å². The molecule has 0 radical (unpaired) electrons. The third-order valence-electron chi connectivity index (χ3n) is 5.43. The lowest BCUT2D eigenvalue weighted by atomic mass is 9.90. The second-order valence-electron chi connectivity index (χ2n) is 7.91. The number of amides is 1. The molecule has 2 unspecified atom stereocenters. The van der Waals surface area contributed by atoms with Gasteiger partial charge >= 0.3 is 5.97 Å². The van der Waals surface area contributed by atoms with Gasteiger partial charge in [-0.2, -0.15) is 5.26 Å². The van der Waals surface area contributed by atoms with E-state index in [9.17, 15) is 14.9 Å². The van der Waals surface area contributed by atoms with Crippen LogP contribution in [0.3, 0.4) is 0 Å². The fourth-order valence-corrected chi connectivity index (χ4v) is 3.09. The minimum atomic E-state index is -1.03. The molecule has 1 aromatic heterocycles. The fraction of sp³-hybridized carbons (Fsp3) is 0.435. The summed E-state index contributed by atoms with van der Waals surface area (Å²) in [6, 6.07) is 11.8. The number of hydrogen-bond acceptors (Lipinski definition) is 4. The van der Waals surface area contributed by atoms with E-state index in [-0.39, 0.29) is 5.92 Å². The van der Waals surface area contributed by atoms with E-state index in [2.05, 4.69) is 11.4 Å². The van der Waals surface area contributed by atoms with E-state index in [0.29, 0.717) is 5.56 Å². The summed E-state index contributed by atoms with van der Waals surface area (Å²) in [5.41, 5.74) is 3.12. The summed E-state index contributed by atoms with van der Waals surface area (Å²) in [4.78, 5) is 25.2. The second kappa shape index (κ2) is 8.52. The number of hydrogen-bond donors (Lipinski definition) is 1. The largest absolute Gasteiger partial charge is 0.449 e. The molecule has 2 aromatic rings. The van der Waals surface area contributed by atoms with Crippen molar-refractivity contribution in [1.29, 1.82) is 5.26 Å². The van der Waals surface area contributed by atoms with Crippen molar-refractivity contribution in [1.82, 2.24) is 9.88 Å². The van der Waals surface area contributed by atoms with Crippen molar-refractivity contribution in [3.8, 4) is 11.8 Å². The maximum absolute atomic E-state index is 12.8. The molecule has 6 nitrogen and oxygen atoms in total. The van der Waals surface area contributed by atoms with Crippen molar-refractivity contribution >= 4 is 11.9 Å². The number of rotatable bonds is 6. The van der Waals surface area contributed by atoms with Gasteiger partial charge in [0.05, 0.1) is 11.6 Å². The average Bonchev–Trinajstić information content (AvgIpc) is 2.96. The van der Waals surface area contributed by atoms with Gasteiger partial charge < -0.3 is 14.6 Å². The van der Waals surface area contributed by atoms with Gasteiger partial charge in [0.25, 0.3) is 5.91 Å². The van der Waals surface area contributed by atoms with Gasteiger partial charge in [0.1, 0.15) is 5.54 Å². The summed E-state index contributed by atoms with van der Waals surface area (Å²) in [6.45, 7) is 12.6.